The van der Waals surface area contributed by atoms with Crippen LogP contribution in [-0.4, -0.2) is 64.0 Å². The summed E-state index contributed by atoms with van der Waals surface area (Å²) >= 11 is 0. The minimum Gasteiger partial charge on any atom is -0.478 e. The van der Waals surface area contributed by atoms with Crippen LogP contribution in [0.2, 0.25) is 0 Å². The fourth-order valence-electron chi connectivity index (χ4n) is 4.70. The van der Waals surface area contributed by atoms with E-state index in [-0.39, 0.29) is 12.4 Å². The molecule has 0 aliphatic carbocycles. The van der Waals surface area contributed by atoms with Crippen LogP contribution in [-0.2, 0) is 14.2 Å². The Hall–Kier alpha value is -4.66. The normalized spacial score (nSPS) is 23.0. The third kappa shape index (κ3) is 5.79. The predicted octanol–water partition coefficient (Wildman–Crippen LogP) is 2.03. The summed E-state index contributed by atoms with van der Waals surface area (Å²) in [5.41, 5.74) is -1.13. The Balaban J connectivity index is 1.38. The van der Waals surface area contributed by atoms with E-state index in [2.05, 4.69) is 20.9 Å². The standard InChI is InChI=1S/C27H26FN5O8/c1-2-29-26(37)31-18-11-12-33(27(38)32-18)23-21-20(40-25(41-21)14-7-4-3-5-8-14)17(39-23)13-30-22(34)19-15(24(35)36)9-6-10-16(19)28/h3-12,17,20-21,23,25H,2,13H2,1H3,(H,30,34)(H,35,36)(H2,29,31,32,37,38)/t17-,20?,21?,23-,25+/m1/s1. The molecular weight excluding hydrogens is 541 g/mol. The number of aromatic carboxylic acids is 1. The van der Waals surface area contributed by atoms with Crippen molar-refractivity contribution in [2.24, 2.45) is 0 Å². The van der Waals surface area contributed by atoms with Gasteiger partial charge in [-0.05, 0) is 25.1 Å². The van der Waals surface area contributed by atoms with E-state index in [1.165, 1.54) is 22.9 Å². The van der Waals surface area contributed by atoms with Gasteiger partial charge in [0.05, 0.1) is 11.1 Å². The van der Waals surface area contributed by atoms with Crippen molar-refractivity contribution in [3.05, 3.63) is 93.8 Å². The summed E-state index contributed by atoms with van der Waals surface area (Å²) in [7, 11) is 0. The highest BCUT2D eigenvalue weighted by Gasteiger charge is 2.54. The summed E-state index contributed by atoms with van der Waals surface area (Å²) < 4.78 is 34.0. The summed E-state index contributed by atoms with van der Waals surface area (Å²) in [6, 6.07) is 13.3. The second kappa shape index (κ2) is 11.8. The summed E-state index contributed by atoms with van der Waals surface area (Å²) in [5, 5.41) is 16.9. The fourth-order valence-corrected chi connectivity index (χ4v) is 4.70. The molecule has 3 aromatic rings. The topological polar surface area (TPSA) is 170 Å². The van der Waals surface area contributed by atoms with Crippen LogP contribution in [0.5, 0.6) is 0 Å². The number of hydrogen-bond acceptors (Lipinski definition) is 8. The lowest BCUT2D eigenvalue weighted by molar-refractivity contribution is -0.147. The minimum atomic E-state index is -1.46. The Labute approximate surface area is 232 Å². The number of fused-ring (bicyclic) bond motifs is 1. The largest absolute Gasteiger partial charge is 0.478 e. The van der Waals surface area contributed by atoms with E-state index >= 15 is 0 Å². The van der Waals surface area contributed by atoms with Gasteiger partial charge < -0.3 is 30.0 Å². The van der Waals surface area contributed by atoms with Crippen molar-refractivity contribution in [1.29, 1.82) is 0 Å². The van der Waals surface area contributed by atoms with Gasteiger partial charge in [-0.1, -0.05) is 36.4 Å². The SMILES string of the molecule is CCNC(=O)Nc1ccn([C@@H]2O[C@H](CNC(=O)c3c(F)cccc3C(=O)O)C3O[C@H](c4ccccc4)OC32)c(=O)n1. The van der Waals surface area contributed by atoms with Crippen molar-refractivity contribution < 1.29 is 38.1 Å². The van der Waals surface area contributed by atoms with Crippen LogP contribution in [0.15, 0.2) is 65.6 Å². The molecule has 3 heterocycles. The zero-order valence-corrected chi connectivity index (χ0v) is 21.7. The van der Waals surface area contributed by atoms with Crippen molar-refractivity contribution >= 4 is 23.7 Å². The fraction of sp³-hybridized carbons (Fsp3) is 0.296. The molecule has 2 aliphatic rings. The molecule has 5 rings (SSSR count). The molecule has 41 heavy (non-hydrogen) atoms. The third-order valence-electron chi connectivity index (χ3n) is 6.54. The predicted molar refractivity (Wildman–Crippen MR) is 140 cm³/mol. The van der Waals surface area contributed by atoms with Gasteiger partial charge in [0, 0.05) is 24.8 Å². The van der Waals surface area contributed by atoms with Gasteiger partial charge in [-0.15, -0.1) is 0 Å². The summed E-state index contributed by atoms with van der Waals surface area (Å²) in [4.78, 5) is 53.0. The highest BCUT2D eigenvalue weighted by Crippen LogP contribution is 2.43. The number of aromatic nitrogens is 2. The maximum absolute atomic E-state index is 14.4. The van der Waals surface area contributed by atoms with Gasteiger partial charge in [0.2, 0.25) is 0 Å². The smallest absolute Gasteiger partial charge is 0.351 e. The lowest BCUT2D eigenvalue weighted by atomic mass is 10.1. The molecule has 2 unspecified atom stereocenters. The van der Waals surface area contributed by atoms with Crippen molar-refractivity contribution in [1.82, 2.24) is 20.2 Å². The van der Waals surface area contributed by atoms with E-state index in [0.717, 1.165) is 12.1 Å². The molecule has 214 valence electrons. The Morgan fingerprint density at radius 3 is 2.46 bits per heavy atom. The molecule has 2 saturated heterocycles. The van der Waals surface area contributed by atoms with Crippen molar-refractivity contribution in [2.75, 3.05) is 18.4 Å². The average molecular weight is 568 g/mol. The molecule has 1 aromatic heterocycles. The van der Waals surface area contributed by atoms with Gasteiger partial charge in [0.15, 0.2) is 12.5 Å². The van der Waals surface area contributed by atoms with Crippen LogP contribution < -0.4 is 21.6 Å². The zero-order chi connectivity index (χ0) is 29.1. The third-order valence-corrected chi connectivity index (χ3v) is 6.54. The van der Waals surface area contributed by atoms with Gasteiger partial charge in [0.1, 0.15) is 29.9 Å². The second-order valence-electron chi connectivity index (χ2n) is 9.17. The molecule has 14 heteroatoms. The van der Waals surface area contributed by atoms with Crippen LogP contribution in [0, 0.1) is 5.82 Å². The van der Waals surface area contributed by atoms with E-state index in [1.54, 1.807) is 19.1 Å². The van der Waals surface area contributed by atoms with Crippen LogP contribution >= 0.6 is 0 Å². The number of rotatable bonds is 8. The quantitative estimate of drug-likeness (QED) is 0.318. The number of ether oxygens (including phenoxy) is 3. The Bertz CT molecular complexity index is 1520. The number of halogens is 1. The van der Waals surface area contributed by atoms with E-state index in [1.807, 2.05) is 18.2 Å². The van der Waals surface area contributed by atoms with Crippen molar-refractivity contribution in [3.63, 3.8) is 0 Å². The Morgan fingerprint density at radius 1 is 1.00 bits per heavy atom. The molecule has 0 saturated carbocycles. The van der Waals surface area contributed by atoms with Gasteiger partial charge in [-0.25, -0.2) is 18.8 Å². The number of carbonyl (C=O) groups is 3. The molecule has 2 aliphatic heterocycles. The van der Waals surface area contributed by atoms with Gasteiger partial charge in [-0.2, -0.15) is 4.98 Å². The van der Waals surface area contributed by atoms with Crippen LogP contribution in [0.4, 0.5) is 15.0 Å². The van der Waals surface area contributed by atoms with E-state index in [0.29, 0.717) is 12.1 Å². The van der Waals surface area contributed by atoms with Crippen molar-refractivity contribution in [2.45, 2.75) is 37.8 Å². The van der Waals surface area contributed by atoms with Crippen LogP contribution in [0.25, 0.3) is 0 Å². The van der Waals surface area contributed by atoms with Gasteiger partial charge >= 0.3 is 17.7 Å². The maximum Gasteiger partial charge on any atom is 0.351 e. The first-order chi connectivity index (χ1) is 19.8. The van der Waals surface area contributed by atoms with E-state index in [4.69, 9.17) is 14.2 Å². The molecule has 3 amide bonds. The molecule has 2 aromatic carbocycles. The van der Waals surface area contributed by atoms with Gasteiger partial charge in [0.25, 0.3) is 5.91 Å². The molecule has 5 atom stereocenters. The highest BCUT2D eigenvalue weighted by molar-refractivity contribution is 6.05. The van der Waals surface area contributed by atoms with Crippen LogP contribution in [0.1, 0.15) is 45.7 Å². The number of hydrogen-bond donors (Lipinski definition) is 4. The number of amides is 3. The van der Waals surface area contributed by atoms with E-state index in [9.17, 15) is 28.7 Å². The highest BCUT2D eigenvalue weighted by atomic mass is 19.1. The molecule has 0 radical (unpaired) electrons. The number of carbonyl (C=O) groups excluding carboxylic acids is 2. The number of urea groups is 1. The number of carboxylic acids is 1. The lowest BCUT2D eigenvalue weighted by Gasteiger charge is -2.22. The number of nitrogens with zero attached hydrogens (tertiary/aromatic N) is 2. The molecule has 4 N–H and O–H groups in total. The maximum atomic E-state index is 14.4. The second-order valence-corrected chi connectivity index (χ2v) is 9.17. The average Bonchev–Trinajstić information content (AvgIpc) is 3.52. The summed E-state index contributed by atoms with van der Waals surface area (Å²) in [6.45, 7) is 1.91. The summed E-state index contributed by atoms with van der Waals surface area (Å²) in [6.07, 6.45) is -2.91. The molecule has 13 nitrogen and oxygen atoms in total. The van der Waals surface area contributed by atoms with Crippen LogP contribution in [0.3, 0.4) is 0 Å². The first-order valence-corrected chi connectivity index (χ1v) is 12.7. The van der Waals surface area contributed by atoms with E-state index < -0.39 is 71.4 Å². The first-order valence-electron chi connectivity index (χ1n) is 12.7. The summed E-state index contributed by atoms with van der Waals surface area (Å²) in [5.74, 6) is -3.38. The molecule has 0 bridgehead atoms. The Morgan fingerprint density at radius 2 is 1.76 bits per heavy atom. The minimum absolute atomic E-state index is 0.0282. The number of nitrogens with one attached hydrogen (secondary N) is 3. The number of anilines is 1. The molecular formula is C27H26FN5O8. The Kier molecular flexibility index (Phi) is 8.05. The monoisotopic (exact) mass is 567 g/mol. The first kappa shape index (κ1) is 27.9. The molecule has 2 fully saturated rings. The van der Waals surface area contributed by atoms with Crippen molar-refractivity contribution in [3.8, 4) is 0 Å². The molecule has 0 spiro atoms. The van der Waals surface area contributed by atoms with Gasteiger partial charge in [-0.3, -0.25) is 14.7 Å². The number of benzene rings is 2. The zero-order valence-electron chi connectivity index (χ0n) is 21.7. The number of carboxylic acid groups (broad SMARTS) is 1. The lowest BCUT2D eigenvalue weighted by Crippen LogP contribution is -2.39.